The molecule has 1 atom stereocenters. The van der Waals surface area contributed by atoms with E-state index < -0.39 is 29.8 Å². The Morgan fingerprint density at radius 1 is 0.789 bits per heavy atom. The third kappa shape index (κ3) is 6.91. The van der Waals surface area contributed by atoms with Crippen molar-refractivity contribution in [3.63, 3.8) is 0 Å². The Kier molecular flexibility index (Phi) is 8.31. The molecule has 3 aromatic carbocycles. The molecule has 8 nitrogen and oxygen atoms in total. The Morgan fingerprint density at radius 3 is 1.97 bits per heavy atom. The minimum absolute atomic E-state index is 0.0228. The summed E-state index contributed by atoms with van der Waals surface area (Å²) in [6.07, 6.45) is -1.51. The lowest BCUT2D eigenvalue weighted by molar-refractivity contribution is -0.147. The minimum Gasteiger partial charge on any atom is -0.459 e. The SMILES string of the molecule is CC(C)(C)OC(=O)NCC(NC(=O)OCC1c2ccccc2-c2ccccc21)C(=O)OCc1ccccc1. The summed E-state index contributed by atoms with van der Waals surface area (Å²) >= 11 is 0. The summed E-state index contributed by atoms with van der Waals surface area (Å²) in [5.41, 5.74) is 4.45. The predicted octanol–water partition coefficient (Wildman–Crippen LogP) is 5.16. The molecule has 0 aromatic heterocycles. The Hall–Kier alpha value is -4.33. The molecule has 0 radical (unpaired) electrons. The van der Waals surface area contributed by atoms with Crippen LogP contribution in [0.1, 0.15) is 43.4 Å². The number of rotatable bonds is 8. The Labute approximate surface area is 222 Å². The lowest BCUT2D eigenvalue weighted by atomic mass is 9.98. The van der Waals surface area contributed by atoms with Crippen molar-refractivity contribution in [2.24, 2.45) is 0 Å². The molecular weight excluding hydrogens is 484 g/mol. The first-order valence-electron chi connectivity index (χ1n) is 12.5. The number of nitrogens with one attached hydrogen (secondary N) is 2. The van der Waals surface area contributed by atoms with Crippen LogP contribution in [-0.2, 0) is 25.6 Å². The van der Waals surface area contributed by atoms with Crippen LogP contribution in [0.15, 0.2) is 78.9 Å². The van der Waals surface area contributed by atoms with Gasteiger partial charge in [-0.3, -0.25) is 0 Å². The summed E-state index contributed by atoms with van der Waals surface area (Å²) < 4.78 is 16.2. The van der Waals surface area contributed by atoms with Gasteiger partial charge in [-0.05, 0) is 48.6 Å². The molecule has 38 heavy (non-hydrogen) atoms. The van der Waals surface area contributed by atoms with Gasteiger partial charge in [-0.15, -0.1) is 0 Å². The average Bonchev–Trinajstić information content (AvgIpc) is 3.21. The lowest BCUT2D eigenvalue weighted by Gasteiger charge is -2.22. The van der Waals surface area contributed by atoms with Crippen LogP contribution in [0.25, 0.3) is 11.1 Å². The molecule has 0 spiro atoms. The maximum atomic E-state index is 12.9. The van der Waals surface area contributed by atoms with E-state index >= 15 is 0 Å². The van der Waals surface area contributed by atoms with Gasteiger partial charge in [-0.25, -0.2) is 14.4 Å². The van der Waals surface area contributed by atoms with Crippen LogP contribution in [0.5, 0.6) is 0 Å². The molecule has 3 aromatic rings. The Balaban J connectivity index is 1.40. The molecule has 0 fully saturated rings. The molecule has 1 aliphatic rings. The van der Waals surface area contributed by atoms with E-state index in [1.165, 1.54) is 0 Å². The van der Waals surface area contributed by atoms with E-state index in [2.05, 4.69) is 22.8 Å². The molecule has 0 saturated heterocycles. The third-order valence-electron chi connectivity index (χ3n) is 5.99. The summed E-state index contributed by atoms with van der Waals surface area (Å²) in [5, 5.41) is 5.05. The number of alkyl carbamates (subject to hydrolysis) is 2. The largest absolute Gasteiger partial charge is 0.459 e. The first-order valence-corrected chi connectivity index (χ1v) is 12.5. The van der Waals surface area contributed by atoms with E-state index in [4.69, 9.17) is 14.2 Å². The van der Waals surface area contributed by atoms with Crippen molar-refractivity contribution < 1.29 is 28.6 Å². The zero-order valence-corrected chi connectivity index (χ0v) is 21.7. The monoisotopic (exact) mass is 516 g/mol. The number of carbonyl (C=O) groups excluding carboxylic acids is 3. The maximum absolute atomic E-state index is 12.9. The highest BCUT2D eigenvalue weighted by Gasteiger charge is 2.30. The second-order valence-corrected chi connectivity index (χ2v) is 10.00. The van der Waals surface area contributed by atoms with Gasteiger partial charge in [-0.1, -0.05) is 78.9 Å². The highest BCUT2D eigenvalue weighted by molar-refractivity contribution is 5.83. The fourth-order valence-electron chi connectivity index (χ4n) is 4.30. The van der Waals surface area contributed by atoms with Crippen molar-refractivity contribution in [2.75, 3.05) is 13.2 Å². The summed E-state index contributed by atoms with van der Waals surface area (Å²) in [4.78, 5) is 37.8. The van der Waals surface area contributed by atoms with Crippen molar-refractivity contribution >= 4 is 18.2 Å². The number of benzene rings is 3. The van der Waals surface area contributed by atoms with E-state index in [0.717, 1.165) is 27.8 Å². The van der Waals surface area contributed by atoms with Crippen molar-refractivity contribution in [1.82, 2.24) is 10.6 Å². The molecule has 0 bridgehead atoms. The number of hydrogen-bond acceptors (Lipinski definition) is 6. The van der Waals surface area contributed by atoms with E-state index in [0.29, 0.717) is 0 Å². The molecule has 8 heteroatoms. The van der Waals surface area contributed by atoms with Crippen LogP contribution in [0.3, 0.4) is 0 Å². The van der Waals surface area contributed by atoms with Crippen molar-refractivity contribution in [2.45, 2.75) is 44.9 Å². The van der Waals surface area contributed by atoms with Gasteiger partial charge in [0.05, 0.1) is 6.54 Å². The molecule has 2 N–H and O–H groups in total. The highest BCUT2D eigenvalue weighted by atomic mass is 16.6. The van der Waals surface area contributed by atoms with Crippen LogP contribution in [0.2, 0.25) is 0 Å². The van der Waals surface area contributed by atoms with E-state index in [9.17, 15) is 14.4 Å². The van der Waals surface area contributed by atoms with Crippen LogP contribution in [-0.4, -0.2) is 43.0 Å². The quantitative estimate of drug-likeness (QED) is 0.317. The summed E-state index contributed by atoms with van der Waals surface area (Å²) in [6.45, 7) is 5.07. The van der Waals surface area contributed by atoms with Crippen molar-refractivity contribution in [3.8, 4) is 11.1 Å². The number of fused-ring (bicyclic) bond motifs is 3. The first-order chi connectivity index (χ1) is 18.2. The Bertz CT molecular complexity index is 1240. The molecular formula is C30H32N2O6. The van der Waals surface area contributed by atoms with Crippen LogP contribution < -0.4 is 10.6 Å². The molecule has 2 amide bonds. The predicted molar refractivity (Wildman–Crippen MR) is 142 cm³/mol. The minimum atomic E-state index is -1.18. The second-order valence-electron chi connectivity index (χ2n) is 10.00. The van der Waals surface area contributed by atoms with Crippen molar-refractivity contribution in [1.29, 1.82) is 0 Å². The molecule has 0 saturated carbocycles. The van der Waals surface area contributed by atoms with Gasteiger partial charge in [0.2, 0.25) is 0 Å². The zero-order valence-electron chi connectivity index (χ0n) is 21.7. The second kappa shape index (κ2) is 11.8. The molecule has 1 aliphatic carbocycles. The highest BCUT2D eigenvalue weighted by Crippen LogP contribution is 2.44. The van der Waals surface area contributed by atoms with Gasteiger partial charge in [0.15, 0.2) is 0 Å². The fourth-order valence-corrected chi connectivity index (χ4v) is 4.30. The number of hydrogen-bond donors (Lipinski definition) is 2. The number of ether oxygens (including phenoxy) is 3. The summed E-state index contributed by atoms with van der Waals surface area (Å²) in [7, 11) is 0. The molecule has 0 aliphatic heterocycles. The van der Waals surface area contributed by atoms with Crippen LogP contribution >= 0.6 is 0 Å². The van der Waals surface area contributed by atoms with Gasteiger partial charge >= 0.3 is 18.2 Å². The maximum Gasteiger partial charge on any atom is 0.407 e. The van der Waals surface area contributed by atoms with E-state index in [1.807, 2.05) is 66.7 Å². The smallest absolute Gasteiger partial charge is 0.407 e. The normalized spacial score (nSPS) is 13.0. The van der Waals surface area contributed by atoms with Gasteiger partial charge in [0, 0.05) is 5.92 Å². The molecule has 0 heterocycles. The van der Waals surface area contributed by atoms with Crippen molar-refractivity contribution in [3.05, 3.63) is 95.6 Å². The average molecular weight is 517 g/mol. The van der Waals surface area contributed by atoms with Gasteiger partial charge < -0.3 is 24.8 Å². The number of carbonyl (C=O) groups is 3. The van der Waals surface area contributed by atoms with Gasteiger partial charge in [-0.2, -0.15) is 0 Å². The Morgan fingerprint density at radius 2 is 1.37 bits per heavy atom. The van der Waals surface area contributed by atoms with E-state index in [1.54, 1.807) is 20.8 Å². The summed E-state index contributed by atoms with van der Waals surface area (Å²) in [6, 6.07) is 24.0. The first kappa shape index (κ1) is 26.7. The molecule has 1 unspecified atom stereocenters. The van der Waals surface area contributed by atoms with Crippen LogP contribution in [0.4, 0.5) is 9.59 Å². The number of amides is 2. The van der Waals surface area contributed by atoms with Crippen LogP contribution in [0, 0.1) is 0 Å². The summed E-state index contributed by atoms with van der Waals surface area (Å²) in [5.74, 6) is -0.838. The lowest BCUT2D eigenvalue weighted by Crippen LogP contribution is -2.50. The van der Waals surface area contributed by atoms with Gasteiger partial charge in [0.25, 0.3) is 0 Å². The third-order valence-corrected chi connectivity index (χ3v) is 5.99. The van der Waals surface area contributed by atoms with E-state index in [-0.39, 0.29) is 25.7 Å². The standard InChI is InChI=1S/C30H32N2O6/c1-30(2,3)38-28(34)31-17-26(27(33)36-18-20-11-5-4-6-12-20)32-29(35)37-19-25-23-15-9-7-13-21(23)22-14-8-10-16-24(22)25/h4-16,25-26H,17-19H2,1-3H3,(H,31,34)(H,32,35). The molecule has 4 rings (SSSR count). The molecule has 198 valence electrons. The zero-order chi connectivity index (χ0) is 27.1. The fraction of sp³-hybridized carbons (Fsp3) is 0.300. The number of esters is 1. The topological polar surface area (TPSA) is 103 Å². The van der Waals surface area contributed by atoms with Gasteiger partial charge in [0.1, 0.15) is 24.9 Å².